The van der Waals surface area contributed by atoms with Gasteiger partial charge < -0.3 is 19.7 Å². The van der Waals surface area contributed by atoms with Gasteiger partial charge in [-0.25, -0.2) is 0 Å². The minimum absolute atomic E-state index is 0.0801. The summed E-state index contributed by atoms with van der Waals surface area (Å²) >= 11 is 1.70. The quantitative estimate of drug-likeness (QED) is 0.591. The maximum atomic E-state index is 6.12. The number of rotatable bonds is 4. The highest BCUT2D eigenvalue weighted by Crippen LogP contribution is 2.48. The predicted molar refractivity (Wildman–Crippen MR) is 133 cm³/mol. The number of thiazole rings is 1. The zero-order chi connectivity index (χ0) is 23.5. The van der Waals surface area contributed by atoms with E-state index in [0.717, 1.165) is 56.7 Å². The number of anilines is 1. The van der Waals surface area contributed by atoms with Crippen molar-refractivity contribution in [2.24, 2.45) is 7.05 Å². The summed E-state index contributed by atoms with van der Waals surface area (Å²) in [5, 5.41) is 9.09. The number of piperidine rings is 1. The van der Waals surface area contributed by atoms with Crippen LogP contribution in [0.5, 0.6) is 11.6 Å². The SMILES string of the molecule is COc1cc2c(cc1-c1cnn(C)c1)COc1nc(N(C)C3CC(C)(C)NC(C)(C)C3)sc1-2. The topological polar surface area (TPSA) is 64.4 Å². The standard InChI is InChI=1S/C25H33N5O2S/c1-24(2)10-17(11-25(3,4)28-24)30(6)23-27-22-21(33-23)19-9-20(31-7)18(8-15(19)14-32-22)16-12-26-29(5)13-16/h8-9,12-13,17,28H,10-11,14H2,1-7H3. The van der Waals surface area contributed by atoms with Gasteiger partial charge in [-0.1, -0.05) is 11.3 Å². The first kappa shape index (κ1) is 22.2. The fraction of sp³-hybridized carbons (Fsp3) is 0.520. The summed E-state index contributed by atoms with van der Waals surface area (Å²) in [7, 11) is 5.80. The summed E-state index contributed by atoms with van der Waals surface area (Å²) in [6.07, 6.45) is 6.00. The summed E-state index contributed by atoms with van der Waals surface area (Å²) in [4.78, 5) is 8.32. The van der Waals surface area contributed by atoms with Gasteiger partial charge in [0.2, 0.25) is 5.88 Å². The van der Waals surface area contributed by atoms with Crippen LogP contribution >= 0.6 is 11.3 Å². The molecule has 2 aliphatic heterocycles. The molecule has 4 heterocycles. The minimum Gasteiger partial charge on any atom is -0.496 e. The molecule has 0 radical (unpaired) electrons. The van der Waals surface area contributed by atoms with Crippen LogP contribution in [-0.2, 0) is 13.7 Å². The lowest BCUT2D eigenvalue weighted by atomic mass is 9.79. The molecule has 3 aromatic rings. The van der Waals surface area contributed by atoms with Gasteiger partial charge in [-0.05, 0) is 58.2 Å². The number of nitrogens with one attached hydrogen (secondary N) is 1. The van der Waals surface area contributed by atoms with Gasteiger partial charge in [0.05, 0.1) is 13.3 Å². The van der Waals surface area contributed by atoms with Crippen LogP contribution < -0.4 is 19.7 Å². The van der Waals surface area contributed by atoms with Crippen molar-refractivity contribution in [3.63, 3.8) is 0 Å². The van der Waals surface area contributed by atoms with Crippen molar-refractivity contribution in [1.29, 1.82) is 0 Å². The molecule has 176 valence electrons. The fourth-order valence-corrected chi connectivity index (χ4v) is 6.57. The molecule has 0 amide bonds. The second kappa shape index (κ2) is 7.74. The van der Waals surface area contributed by atoms with Gasteiger partial charge in [-0.15, -0.1) is 0 Å². The molecule has 1 saturated heterocycles. The molecule has 33 heavy (non-hydrogen) atoms. The van der Waals surface area contributed by atoms with Gasteiger partial charge in [0, 0.05) is 54.1 Å². The van der Waals surface area contributed by atoms with Crippen LogP contribution in [-0.4, -0.2) is 46.0 Å². The van der Waals surface area contributed by atoms with Crippen LogP contribution in [0.25, 0.3) is 21.6 Å². The molecule has 5 rings (SSSR count). The molecule has 7 nitrogen and oxygen atoms in total. The highest BCUT2D eigenvalue weighted by Gasteiger charge is 2.40. The first-order chi connectivity index (χ1) is 15.5. The average molecular weight is 468 g/mol. The molecule has 0 aliphatic carbocycles. The second-order valence-corrected chi connectivity index (χ2v) is 11.6. The Morgan fingerprint density at radius 3 is 2.55 bits per heavy atom. The number of ether oxygens (including phenoxy) is 2. The Bertz CT molecular complexity index is 1180. The summed E-state index contributed by atoms with van der Waals surface area (Å²) in [6, 6.07) is 4.69. The molecule has 2 aliphatic rings. The second-order valence-electron chi connectivity index (χ2n) is 10.6. The van der Waals surface area contributed by atoms with Gasteiger partial charge in [-0.3, -0.25) is 4.68 Å². The van der Waals surface area contributed by atoms with Crippen molar-refractivity contribution in [2.75, 3.05) is 19.1 Å². The lowest BCUT2D eigenvalue weighted by molar-refractivity contribution is 0.161. The van der Waals surface area contributed by atoms with E-state index < -0.39 is 0 Å². The van der Waals surface area contributed by atoms with Crippen molar-refractivity contribution < 1.29 is 9.47 Å². The highest BCUT2D eigenvalue weighted by molar-refractivity contribution is 7.19. The fourth-order valence-electron chi connectivity index (χ4n) is 5.47. The zero-order valence-corrected chi connectivity index (χ0v) is 21.3. The van der Waals surface area contributed by atoms with E-state index >= 15 is 0 Å². The summed E-state index contributed by atoms with van der Waals surface area (Å²) < 4.78 is 13.7. The van der Waals surface area contributed by atoms with Crippen molar-refractivity contribution >= 4 is 16.5 Å². The first-order valence-corrected chi connectivity index (χ1v) is 12.2. The number of hydrogen-bond donors (Lipinski definition) is 1. The Hall–Kier alpha value is -2.58. The molecule has 1 N–H and O–H groups in total. The summed E-state index contributed by atoms with van der Waals surface area (Å²) in [5.41, 5.74) is 4.50. The van der Waals surface area contributed by atoms with E-state index in [0.29, 0.717) is 12.6 Å². The number of hydrogen-bond acceptors (Lipinski definition) is 7. The van der Waals surface area contributed by atoms with Crippen LogP contribution in [0.2, 0.25) is 0 Å². The minimum atomic E-state index is 0.0801. The van der Waals surface area contributed by atoms with Gasteiger partial charge >= 0.3 is 0 Å². The number of aromatic nitrogens is 3. The summed E-state index contributed by atoms with van der Waals surface area (Å²) in [6.45, 7) is 9.64. The van der Waals surface area contributed by atoms with E-state index in [4.69, 9.17) is 14.5 Å². The van der Waals surface area contributed by atoms with E-state index in [1.807, 2.05) is 19.4 Å². The number of benzene rings is 1. The van der Waals surface area contributed by atoms with Crippen LogP contribution in [0.1, 0.15) is 46.1 Å². The van der Waals surface area contributed by atoms with Crippen molar-refractivity contribution in [3.05, 3.63) is 30.1 Å². The largest absolute Gasteiger partial charge is 0.496 e. The third-order valence-electron chi connectivity index (χ3n) is 6.65. The van der Waals surface area contributed by atoms with Gasteiger partial charge in [-0.2, -0.15) is 10.1 Å². The Morgan fingerprint density at radius 1 is 1.18 bits per heavy atom. The van der Waals surface area contributed by atoms with Crippen molar-refractivity contribution in [1.82, 2.24) is 20.1 Å². The lowest BCUT2D eigenvalue weighted by Gasteiger charge is -2.48. The van der Waals surface area contributed by atoms with E-state index in [-0.39, 0.29) is 11.1 Å². The number of fused-ring (bicyclic) bond motifs is 3. The Kier molecular flexibility index (Phi) is 5.21. The monoisotopic (exact) mass is 467 g/mol. The van der Waals surface area contributed by atoms with E-state index in [1.165, 1.54) is 0 Å². The molecule has 0 spiro atoms. The molecular formula is C25H33N5O2S. The number of methoxy groups -OCH3 is 1. The third-order valence-corrected chi connectivity index (χ3v) is 7.81. The normalized spacial score (nSPS) is 18.9. The number of nitrogens with zero attached hydrogens (tertiary/aromatic N) is 4. The molecule has 1 aromatic carbocycles. The zero-order valence-electron chi connectivity index (χ0n) is 20.5. The van der Waals surface area contributed by atoms with Crippen LogP contribution in [0.4, 0.5) is 5.13 Å². The molecule has 0 unspecified atom stereocenters. The predicted octanol–water partition coefficient (Wildman–Crippen LogP) is 4.86. The maximum absolute atomic E-state index is 6.12. The van der Waals surface area contributed by atoms with Gasteiger partial charge in [0.1, 0.15) is 17.2 Å². The van der Waals surface area contributed by atoms with Crippen LogP contribution in [0.15, 0.2) is 24.5 Å². The first-order valence-electron chi connectivity index (χ1n) is 11.4. The molecule has 2 aromatic heterocycles. The lowest BCUT2D eigenvalue weighted by Crippen LogP contribution is -2.61. The van der Waals surface area contributed by atoms with E-state index in [9.17, 15) is 0 Å². The summed E-state index contributed by atoms with van der Waals surface area (Å²) in [5.74, 6) is 1.55. The molecule has 8 heteroatoms. The molecule has 0 atom stereocenters. The Balaban J connectivity index is 1.50. The van der Waals surface area contributed by atoms with Crippen LogP contribution in [0.3, 0.4) is 0 Å². The maximum Gasteiger partial charge on any atom is 0.234 e. The van der Waals surface area contributed by atoms with Crippen molar-refractivity contribution in [3.8, 4) is 33.2 Å². The molecular weight excluding hydrogens is 434 g/mol. The molecule has 0 bridgehead atoms. The molecule has 1 fully saturated rings. The average Bonchev–Trinajstić information content (AvgIpc) is 3.36. The number of aryl methyl sites for hydroxylation is 1. The third kappa shape index (κ3) is 4.10. The van der Waals surface area contributed by atoms with Gasteiger partial charge in [0.15, 0.2) is 5.13 Å². The van der Waals surface area contributed by atoms with E-state index in [2.05, 4.69) is 62.2 Å². The van der Waals surface area contributed by atoms with Crippen LogP contribution in [0, 0.1) is 0 Å². The van der Waals surface area contributed by atoms with Crippen molar-refractivity contribution in [2.45, 2.75) is 64.3 Å². The smallest absolute Gasteiger partial charge is 0.234 e. The molecule has 0 saturated carbocycles. The highest BCUT2D eigenvalue weighted by atomic mass is 32.1. The van der Waals surface area contributed by atoms with E-state index in [1.54, 1.807) is 23.1 Å². The van der Waals surface area contributed by atoms with Gasteiger partial charge in [0.25, 0.3) is 0 Å². The Morgan fingerprint density at radius 2 is 1.91 bits per heavy atom. The Labute approximate surface area is 199 Å².